The van der Waals surface area contributed by atoms with Crippen LogP contribution in [0.2, 0.25) is 0 Å². The van der Waals surface area contributed by atoms with Crippen LogP contribution in [0.1, 0.15) is 24.1 Å². The highest BCUT2D eigenvalue weighted by atomic mass is 19.4. The predicted molar refractivity (Wildman–Crippen MR) is 37.8 cm³/mol. The molecule has 0 aromatic carbocycles. The Labute approximate surface area is 80.9 Å². The number of nitrogens with zero attached hydrogens (tertiary/aromatic N) is 2. The molecular formula is C7H5F3N2O3. The van der Waals surface area contributed by atoms with Crippen molar-refractivity contribution in [2.24, 2.45) is 5.92 Å². The maximum Gasteiger partial charge on any atom is 0.455 e. The van der Waals surface area contributed by atoms with Crippen molar-refractivity contribution in [2.75, 3.05) is 0 Å². The number of carbonyl (C=O) groups is 1. The second-order valence-corrected chi connectivity index (χ2v) is 3.24. The third-order valence-corrected chi connectivity index (χ3v) is 2.12. The molecule has 0 radical (unpaired) electrons. The number of hydrogen-bond acceptors (Lipinski definition) is 4. The number of aromatic nitrogens is 2. The molecular weight excluding hydrogens is 217 g/mol. The maximum absolute atomic E-state index is 12.0. The van der Waals surface area contributed by atoms with Crippen LogP contribution in [0.4, 0.5) is 13.2 Å². The van der Waals surface area contributed by atoms with Crippen molar-refractivity contribution in [3.8, 4) is 0 Å². The van der Waals surface area contributed by atoms with Gasteiger partial charge in [-0.3, -0.25) is 4.79 Å². The van der Waals surface area contributed by atoms with Crippen LogP contribution in [-0.2, 0) is 11.0 Å². The van der Waals surface area contributed by atoms with Crippen molar-refractivity contribution >= 4 is 5.97 Å². The zero-order valence-corrected chi connectivity index (χ0v) is 7.15. The molecule has 8 heteroatoms. The van der Waals surface area contributed by atoms with Crippen LogP contribution in [0.25, 0.3) is 0 Å². The monoisotopic (exact) mass is 222 g/mol. The Kier molecular flexibility index (Phi) is 1.95. The van der Waals surface area contributed by atoms with Gasteiger partial charge in [0.15, 0.2) is 0 Å². The van der Waals surface area contributed by atoms with Crippen molar-refractivity contribution < 1.29 is 27.6 Å². The zero-order valence-electron chi connectivity index (χ0n) is 7.15. The second kappa shape index (κ2) is 2.94. The quantitative estimate of drug-likeness (QED) is 0.815. The minimum atomic E-state index is -4.66. The van der Waals surface area contributed by atoms with Crippen molar-refractivity contribution in [1.82, 2.24) is 10.1 Å². The Morgan fingerprint density at radius 3 is 2.60 bits per heavy atom. The molecule has 1 aromatic rings. The number of rotatable bonds is 2. The molecule has 0 spiro atoms. The largest absolute Gasteiger partial charge is 0.481 e. The van der Waals surface area contributed by atoms with Crippen LogP contribution >= 0.6 is 0 Å². The van der Waals surface area contributed by atoms with E-state index in [1.54, 1.807) is 0 Å². The number of alkyl halides is 3. The molecule has 0 saturated heterocycles. The molecule has 0 amide bonds. The molecule has 5 nitrogen and oxygen atoms in total. The third kappa shape index (κ3) is 1.79. The van der Waals surface area contributed by atoms with E-state index in [0.29, 0.717) is 0 Å². The first-order valence-corrected chi connectivity index (χ1v) is 4.03. The topological polar surface area (TPSA) is 76.2 Å². The molecule has 15 heavy (non-hydrogen) atoms. The maximum atomic E-state index is 12.0. The second-order valence-electron chi connectivity index (χ2n) is 3.24. The SMILES string of the molecule is O=C(O)C1CC1c1nc(C(F)(F)F)no1. The van der Waals surface area contributed by atoms with Gasteiger partial charge >= 0.3 is 12.1 Å². The lowest BCUT2D eigenvalue weighted by Crippen LogP contribution is -2.07. The highest BCUT2D eigenvalue weighted by Gasteiger charge is 2.49. The molecule has 82 valence electrons. The van der Waals surface area contributed by atoms with Crippen molar-refractivity contribution in [3.05, 3.63) is 11.7 Å². The minimum absolute atomic E-state index is 0.245. The lowest BCUT2D eigenvalue weighted by Gasteiger charge is -1.95. The number of carboxylic acid groups (broad SMARTS) is 1. The van der Waals surface area contributed by atoms with Gasteiger partial charge < -0.3 is 9.63 Å². The predicted octanol–water partition coefficient (Wildman–Crippen LogP) is 1.28. The summed E-state index contributed by atoms with van der Waals surface area (Å²) in [5, 5.41) is 11.3. The van der Waals surface area contributed by atoms with Gasteiger partial charge in [0.25, 0.3) is 5.82 Å². The Bertz CT molecular complexity index is 400. The summed E-state index contributed by atoms with van der Waals surface area (Å²) >= 11 is 0. The molecule has 0 bridgehead atoms. The van der Waals surface area contributed by atoms with E-state index in [0.717, 1.165) is 0 Å². The first-order valence-electron chi connectivity index (χ1n) is 4.03. The van der Waals surface area contributed by atoms with Gasteiger partial charge in [0.1, 0.15) is 0 Å². The van der Waals surface area contributed by atoms with Crippen LogP contribution in [0.3, 0.4) is 0 Å². The number of hydrogen-bond donors (Lipinski definition) is 1. The van der Waals surface area contributed by atoms with Crippen molar-refractivity contribution in [1.29, 1.82) is 0 Å². The summed E-state index contributed by atoms with van der Waals surface area (Å²) in [4.78, 5) is 13.5. The first kappa shape index (κ1) is 9.94. The van der Waals surface area contributed by atoms with Crippen molar-refractivity contribution in [2.45, 2.75) is 18.5 Å². The average molecular weight is 222 g/mol. The van der Waals surface area contributed by atoms with Gasteiger partial charge in [-0.2, -0.15) is 18.2 Å². The van der Waals surface area contributed by atoms with Crippen LogP contribution in [0, 0.1) is 5.92 Å². The average Bonchev–Trinajstić information content (AvgIpc) is 2.74. The Morgan fingerprint density at radius 1 is 1.53 bits per heavy atom. The fraction of sp³-hybridized carbons (Fsp3) is 0.571. The lowest BCUT2D eigenvalue weighted by molar-refractivity contribution is -0.146. The van der Waals surface area contributed by atoms with E-state index in [2.05, 4.69) is 14.7 Å². The van der Waals surface area contributed by atoms with Crippen LogP contribution in [0.5, 0.6) is 0 Å². The van der Waals surface area contributed by atoms with Gasteiger partial charge in [0.2, 0.25) is 5.89 Å². The lowest BCUT2D eigenvalue weighted by atomic mass is 10.3. The smallest absolute Gasteiger partial charge is 0.455 e. The van der Waals surface area contributed by atoms with E-state index in [-0.39, 0.29) is 12.3 Å². The molecule has 1 fully saturated rings. The van der Waals surface area contributed by atoms with Gasteiger partial charge in [-0.25, -0.2) is 0 Å². The van der Waals surface area contributed by atoms with Gasteiger partial charge in [-0.1, -0.05) is 5.16 Å². The first-order chi connectivity index (χ1) is 6.89. The molecule has 2 atom stereocenters. The molecule has 1 aliphatic rings. The highest BCUT2D eigenvalue weighted by Crippen LogP contribution is 2.47. The standard InChI is InChI=1S/C7H5F3N2O3/c8-7(9,10)6-11-4(15-12-6)2-1-3(2)5(13)14/h2-3H,1H2,(H,13,14). The Balaban J connectivity index is 2.13. The van der Waals surface area contributed by atoms with Gasteiger partial charge in [-0.05, 0) is 6.42 Å². The van der Waals surface area contributed by atoms with E-state index in [4.69, 9.17) is 5.11 Å². The van der Waals surface area contributed by atoms with E-state index >= 15 is 0 Å². The fourth-order valence-corrected chi connectivity index (χ4v) is 1.24. The summed E-state index contributed by atoms with van der Waals surface area (Å²) in [6.07, 6.45) is -4.41. The molecule has 1 aliphatic carbocycles. The van der Waals surface area contributed by atoms with Crippen LogP contribution < -0.4 is 0 Å². The summed E-state index contributed by atoms with van der Waals surface area (Å²) in [6, 6.07) is 0. The van der Waals surface area contributed by atoms with Crippen LogP contribution in [-0.4, -0.2) is 21.2 Å². The summed E-state index contributed by atoms with van der Waals surface area (Å²) < 4.78 is 40.5. The molecule has 2 rings (SSSR count). The zero-order chi connectivity index (χ0) is 11.2. The third-order valence-electron chi connectivity index (χ3n) is 2.12. The fourth-order valence-electron chi connectivity index (χ4n) is 1.24. The van der Waals surface area contributed by atoms with E-state index in [1.165, 1.54) is 0 Å². The normalized spacial score (nSPS) is 25.3. The van der Waals surface area contributed by atoms with E-state index in [1.807, 2.05) is 0 Å². The van der Waals surface area contributed by atoms with Crippen LogP contribution in [0.15, 0.2) is 4.52 Å². The number of halogens is 3. The number of aliphatic carboxylic acids is 1. The van der Waals surface area contributed by atoms with Gasteiger partial charge in [0.05, 0.1) is 11.8 Å². The number of carboxylic acids is 1. The highest BCUT2D eigenvalue weighted by molar-refractivity contribution is 5.74. The van der Waals surface area contributed by atoms with E-state index in [9.17, 15) is 18.0 Å². The summed E-state index contributed by atoms with van der Waals surface area (Å²) in [5.41, 5.74) is 0. The van der Waals surface area contributed by atoms with Crippen molar-refractivity contribution in [3.63, 3.8) is 0 Å². The Morgan fingerprint density at radius 2 is 2.20 bits per heavy atom. The van der Waals surface area contributed by atoms with Gasteiger partial charge in [0, 0.05) is 0 Å². The molecule has 1 saturated carbocycles. The molecule has 2 unspecified atom stereocenters. The molecule has 1 aromatic heterocycles. The minimum Gasteiger partial charge on any atom is -0.481 e. The summed E-state index contributed by atoms with van der Waals surface area (Å²) in [5.74, 6) is -3.97. The Hall–Kier alpha value is -1.60. The van der Waals surface area contributed by atoms with Gasteiger partial charge in [-0.15, -0.1) is 0 Å². The molecule has 1 N–H and O–H groups in total. The summed E-state index contributed by atoms with van der Waals surface area (Å²) in [6.45, 7) is 0. The molecule has 0 aliphatic heterocycles. The summed E-state index contributed by atoms with van der Waals surface area (Å²) in [7, 11) is 0. The molecule has 1 heterocycles. The van der Waals surface area contributed by atoms with E-state index < -0.39 is 29.8 Å².